The average molecular weight is 400 g/mol. The molecule has 1 aromatic heterocycles. The van der Waals surface area contributed by atoms with Crippen molar-refractivity contribution in [1.29, 1.82) is 0 Å². The molecule has 7 nitrogen and oxygen atoms in total. The number of hydrogen-bond acceptors (Lipinski definition) is 6. The summed E-state index contributed by atoms with van der Waals surface area (Å²) in [6.45, 7) is 6.65. The summed E-state index contributed by atoms with van der Waals surface area (Å²) in [5.74, 6) is -0.294. The van der Waals surface area contributed by atoms with Crippen molar-refractivity contribution in [2.45, 2.75) is 39.0 Å². The molecule has 1 atom stereocenters. The number of carbonyl (C=O) groups is 2. The molecule has 0 aliphatic carbocycles. The lowest BCUT2D eigenvalue weighted by molar-refractivity contribution is -0.122. The van der Waals surface area contributed by atoms with Crippen molar-refractivity contribution in [3.63, 3.8) is 0 Å². The Labute approximate surface area is 168 Å². The number of carbonyl (C=O) groups excluding carboxylic acids is 2. The van der Waals surface area contributed by atoms with Crippen molar-refractivity contribution >= 4 is 39.7 Å². The van der Waals surface area contributed by atoms with Gasteiger partial charge < -0.3 is 15.1 Å². The van der Waals surface area contributed by atoms with Crippen LogP contribution in [0.1, 0.15) is 44.0 Å². The lowest BCUT2D eigenvalue weighted by Gasteiger charge is -2.20. The van der Waals surface area contributed by atoms with E-state index in [-0.39, 0.29) is 30.1 Å². The molecule has 2 amide bonds. The highest BCUT2D eigenvalue weighted by Gasteiger charge is 2.35. The topological polar surface area (TPSA) is 78.4 Å². The van der Waals surface area contributed by atoms with Gasteiger partial charge in [-0.2, -0.15) is 0 Å². The highest BCUT2D eigenvalue weighted by Crippen LogP contribution is 2.29. The third-order valence-electron chi connectivity index (χ3n) is 5.29. The zero-order chi connectivity index (χ0) is 19.7. The second-order valence-corrected chi connectivity index (χ2v) is 8.71. The molecule has 3 heterocycles. The molecule has 2 aliphatic heterocycles. The average Bonchev–Trinajstić information content (AvgIpc) is 3.42. The Morgan fingerprint density at radius 2 is 1.82 bits per heavy atom. The molecule has 2 aromatic rings. The van der Waals surface area contributed by atoms with E-state index in [4.69, 9.17) is 0 Å². The number of hydrogen-bond donors (Lipinski definition) is 1. The molecule has 8 heteroatoms. The summed E-state index contributed by atoms with van der Waals surface area (Å²) in [6, 6.07) is 8.09. The summed E-state index contributed by atoms with van der Waals surface area (Å²) in [4.78, 5) is 29.1. The van der Waals surface area contributed by atoms with E-state index < -0.39 is 0 Å². The SMILES string of the molecule is CC(C)c1nnc(NC(=O)C2CC(=O)N(c3ccc(N4CCCC4)cc3)C2)s1. The first-order valence-corrected chi connectivity index (χ1v) is 10.6. The number of nitrogens with one attached hydrogen (secondary N) is 1. The van der Waals surface area contributed by atoms with E-state index in [1.807, 2.05) is 26.0 Å². The van der Waals surface area contributed by atoms with Gasteiger partial charge >= 0.3 is 0 Å². The van der Waals surface area contributed by atoms with E-state index in [2.05, 4.69) is 32.5 Å². The van der Waals surface area contributed by atoms with Crippen LogP contribution in [0, 0.1) is 5.92 Å². The van der Waals surface area contributed by atoms with Gasteiger partial charge in [0, 0.05) is 43.3 Å². The van der Waals surface area contributed by atoms with Crippen LogP contribution in [0.25, 0.3) is 0 Å². The normalized spacial score (nSPS) is 19.7. The smallest absolute Gasteiger partial charge is 0.231 e. The van der Waals surface area contributed by atoms with Gasteiger partial charge in [0.15, 0.2) is 0 Å². The fourth-order valence-electron chi connectivity index (χ4n) is 3.68. The van der Waals surface area contributed by atoms with E-state index in [1.165, 1.54) is 29.9 Å². The minimum atomic E-state index is -0.378. The number of benzene rings is 1. The van der Waals surface area contributed by atoms with Crippen molar-refractivity contribution in [1.82, 2.24) is 10.2 Å². The van der Waals surface area contributed by atoms with Crippen molar-refractivity contribution < 1.29 is 9.59 Å². The first-order chi connectivity index (χ1) is 13.5. The van der Waals surface area contributed by atoms with Crippen molar-refractivity contribution in [2.24, 2.45) is 5.92 Å². The Morgan fingerprint density at radius 1 is 1.14 bits per heavy atom. The fourth-order valence-corrected chi connectivity index (χ4v) is 4.43. The molecule has 1 unspecified atom stereocenters. The van der Waals surface area contributed by atoms with Crippen LogP contribution < -0.4 is 15.1 Å². The van der Waals surface area contributed by atoms with Crippen LogP contribution in [-0.2, 0) is 9.59 Å². The number of aromatic nitrogens is 2. The Balaban J connectivity index is 1.39. The van der Waals surface area contributed by atoms with Crippen LogP contribution in [0.2, 0.25) is 0 Å². The lowest BCUT2D eigenvalue weighted by Crippen LogP contribution is -2.28. The largest absolute Gasteiger partial charge is 0.372 e. The van der Waals surface area contributed by atoms with Gasteiger partial charge in [-0.25, -0.2) is 0 Å². The number of nitrogens with zero attached hydrogens (tertiary/aromatic N) is 4. The predicted molar refractivity (Wildman–Crippen MR) is 111 cm³/mol. The molecule has 4 rings (SSSR count). The predicted octanol–water partition coefficient (Wildman–Crippen LogP) is 3.25. The molecule has 28 heavy (non-hydrogen) atoms. The summed E-state index contributed by atoms with van der Waals surface area (Å²) < 4.78 is 0. The van der Waals surface area contributed by atoms with Crippen LogP contribution in [-0.4, -0.2) is 41.6 Å². The van der Waals surface area contributed by atoms with E-state index in [9.17, 15) is 9.59 Å². The molecular weight excluding hydrogens is 374 g/mol. The minimum absolute atomic E-state index is 0.0193. The number of anilines is 3. The Morgan fingerprint density at radius 3 is 2.46 bits per heavy atom. The molecule has 1 aromatic carbocycles. The highest BCUT2D eigenvalue weighted by atomic mass is 32.1. The maximum Gasteiger partial charge on any atom is 0.231 e. The van der Waals surface area contributed by atoms with Crippen LogP contribution in [0.15, 0.2) is 24.3 Å². The van der Waals surface area contributed by atoms with Crippen LogP contribution in [0.5, 0.6) is 0 Å². The first-order valence-electron chi connectivity index (χ1n) is 9.81. The molecule has 2 saturated heterocycles. The zero-order valence-corrected chi connectivity index (χ0v) is 17.0. The molecule has 0 bridgehead atoms. The van der Waals surface area contributed by atoms with E-state index >= 15 is 0 Å². The monoisotopic (exact) mass is 399 g/mol. The van der Waals surface area contributed by atoms with Gasteiger partial charge in [-0.3, -0.25) is 9.59 Å². The lowest BCUT2D eigenvalue weighted by atomic mass is 10.1. The third kappa shape index (κ3) is 3.87. The van der Waals surface area contributed by atoms with E-state index in [1.54, 1.807) is 4.90 Å². The first kappa shape index (κ1) is 18.9. The molecule has 0 saturated carbocycles. The van der Waals surface area contributed by atoms with Gasteiger partial charge in [-0.05, 0) is 37.1 Å². The second kappa shape index (κ2) is 7.87. The summed E-state index contributed by atoms with van der Waals surface area (Å²) in [5.41, 5.74) is 2.04. The number of amides is 2. The second-order valence-electron chi connectivity index (χ2n) is 7.71. The van der Waals surface area contributed by atoms with Crippen LogP contribution >= 0.6 is 11.3 Å². The Bertz CT molecular complexity index is 858. The van der Waals surface area contributed by atoms with Gasteiger partial charge in [0.2, 0.25) is 16.9 Å². The summed E-state index contributed by atoms with van der Waals surface area (Å²) in [6.07, 6.45) is 2.68. The van der Waals surface area contributed by atoms with Gasteiger partial charge in [-0.15, -0.1) is 10.2 Å². The third-order valence-corrected chi connectivity index (χ3v) is 6.43. The van der Waals surface area contributed by atoms with E-state index in [0.717, 1.165) is 23.8 Å². The van der Waals surface area contributed by atoms with Crippen molar-refractivity contribution in [2.75, 3.05) is 34.8 Å². The molecule has 2 fully saturated rings. The quantitative estimate of drug-likeness (QED) is 0.835. The van der Waals surface area contributed by atoms with Gasteiger partial charge in [0.1, 0.15) is 5.01 Å². The molecule has 0 radical (unpaired) electrons. The van der Waals surface area contributed by atoms with Crippen molar-refractivity contribution in [3.05, 3.63) is 29.3 Å². The van der Waals surface area contributed by atoms with Gasteiger partial charge in [0.25, 0.3) is 0 Å². The zero-order valence-electron chi connectivity index (χ0n) is 16.2. The molecule has 0 spiro atoms. The van der Waals surface area contributed by atoms with Crippen LogP contribution in [0.4, 0.5) is 16.5 Å². The maximum atomic E-state index is 12.6. The Kier molecular flexibility index (Phi) is 5.30. The molecular formula is C20H25N5O2S. The molecule has 1 N–H and O–H groups in total. The molecule has 148 valence electrons. The van der Waals surface area contributed by atoms with Crippen LogP contribution in [0.3, 0.4) is 0 Å². The number of rotatable bonds is 5. The summed E-state index contributed by atoms with van der Waals surface area (Å²) in [7, 11) is 0. The van der Waals surface area contributed by atoms with E-state index in [0.29, 0.717) is 11.7 Å². The maximum absolute atomic E-state index is 12.6. The highest BCUT2D eigenvalue weighted by molar-refractivity contribution is 7.15. The fraction of sp³-hybridized carbons (Fsp3) is 0.500. The van der Waals surface area contributed by atoms with Crippen molar-refractivity contribution in [3.8, 4) is 0 Å². The standard InChI is InChI=1S/C20H25N5O2S/c1-13(2)19-22-23-20(28-19)21-18(27)14-11-17(26)25(12-14)16-7-5-15(6-8-16)24-9-3-4-10-24/h5-8,13-14H,3-4,9-12H2,1-2H3,(H,21,23,27). The van der Waals surface area contributed by atoms with Gasteiger partial charge in [0.05, 0.1) is 5.92 Å². The van der Waals surface area contributed by atoms with Gasteiger partial charge in [-0.1, -0.05) is 25.2 Å². The Hall–Kier alpha value is -2.48. The summed E-state index contributed by atoms with van der Waals surface area (Å²) in [5, 5.41) is 12.3. The molecule has 2 aliphatic rings. The minimum Gasteiger partial charge on any atom is -0.372 e. The summed E-state index contributed by atoms with van der Waals surface area (Å²) >= 11 is 1.38.